The fourth-order valence-electron chi connectivity index (χ4n) is 3.47. The van der Waals surface area contributed by atoms with Crippen molar-refractivity contribution in [2.75, 3.05) is 49.1 Å². The molecule has 2 aliphatic heterocycles. The fourth-order valence-corrected chi connectivity index (χ4v) is 3.75. The van der Waals surface area contributed by atoms with Gasteiger partial charge in [-0.25, -0.2) is 9.18 Å². The van der Waals surface area contributed by atoms with E-state index in [0.717, 1.165) is 0 Å². The van der Waals surface area contributed by atoms with Crippen LogP contribution in [-0.2, 0) is 14.3 Å². The number of rotatable bonds is 5. The second-order valence-electron chi connectivity index (χ2n) is 7.58. The first-order valence-electron chi connectivity index (χ1n) is 9.97. The molecular formula is C20H27FN4O4S. The number of nitrogens with zero attached hydrogens (tertiary/aromatic N) is 3. The molecule has 0 spiro atoms. The van der Waals surface area contributed by atoms with Crippen molar-refractivity contribution in [3.05, 3.63) is 24.0 Å². The quantitative estimate of drug-likeness (QED) is 0.706. The van der Waals surface area contributed by atoms with E-state index in [9.17, 15) is 14.0 Å². The molecule has 2 aliphatic rings. The van der Waals surface area contributed by atoms with Gasteiger partial charge >= 0.3 is 6.09 Å². The Morgan fingerprint density at radius 3 is 2.63 bits per heavy atom. The van der Waals surface area contributed by atoms with Crippen molar-refractivity contribution in [3.63, 3.8) is 0 Å². The van der Waals surface area contributed by atoms with Crippen LogP contribution in [0.5, 0.6) is 0 Å². The third-order valence-electron chi connectivity index (χ3n) is 5.00. The van der Waals surface area contributed by atoms with Gasteiger partial charge < -0.3 is 24.6 Å². The number of carbonyl (C=O) groups is 2. The van der Waals surface area contributed by atoms with E-state index < -0.39 is 18.0 Å². The maximum Gasteiger partial charge on any atom is 0.414 e. The van der Waals surface area contributed by atoms with E-state index in [-0.39, 0.29) is 23.7 Å². The maximum absolute atomic E-state index is 14.8. The van der Waals surface area contributed by atoms with Gasteiger partial charge in [0.15, 0.2) is 0 Å². The average molecular weight is 439 g/mol. The monoisotopic (exact) mass is 438 g/mol. The van der Waals surface area contributed by atoms with E-state index >= 15 is 0 Å². The van der Waals surface area contributed by atoms with Crippen LogP contribution in [0.15, 0.2) is 18.2 Å². The predicted octanol–water partition coefficient (Wildman–Crippen LogP) is 2.12. The standard InChI is InChI=1S/C20H27FN4O4S/c1-13(2)28-19(30)22-11-16-12-25(20(27)29-16)15-4-5-18(17(21)10-15)24-8-6-23(7-9-24)14(3)26/h4-5,10,13,16H,6-9,11-12H2,1-3H3,(H,22,30). The summed E-state index contributed by atoms with van der Waals surface area (Å²) in [6, 6.07) is 4.72. The van der Waals surface area contributed by atoms with Crippen molar-refractivity contribution in [1.82, 2.24) is 10.2 Å². The molecule has 1 N–H and O–H groups in total. The summed E-state index contributed by atoms with van der Waals surface area (Å²) >= 11 is 5.07. The van der Waals surface area contributed by atoms with Crippen LogP contribution in [0, 0.1) is 5.82 Å². The molecule has 0 aliphatic carbocycles. The number of carbonyl (C=O) groups excluding carboxylic acids is 2. The number of ether oxygens (including phenoxy) is 2. The summed E-state index contributed by atoms with van der Waals surface area (Å²) in [5, 5.41) is 3.17. The largest absolute Gasteiger partial charge is 0.468 e. The zero-order valence-electron chi connectivity index (χ0n) is 17.4. The molecule has 1 aromatic rings. The zero-order chi connectivity index (χ0) is 21.8. The van der Waals surface area contributed by atoms with Crippen LogP contribution in [0.25, 0.3) is 0 Å². The number of halogens is 1. The van der Waals surface area contributed by atoms with Gasteiger partial charge in [0, 0.05) is 33.1 Å². The first kappa shape index (κ1) is 22.1. The van der Waals surface area contributed by atoms with E-state index in [0.29, 0.717) is 44.1 Å². The molecule has 0 radical (unpaired) electrons. The Morgan fingerprint density at radius 1 is 1.33 bits per heavy atom. The van der Waals surface area contributed by atoms with Gasteiger partial charge in [0.05, 0.1) is 30.6 Å². The van der Waals surface area contributed by atoms with Crippen LogP contribution in [0.3, 0.4) is 0 Å². The van der Waals surface area contributed by atoms with E-state index in [1.54, 1.807) is 17.0 Å². The van der Waals surface area contributed by atoms with Gasteiger partial charge in [-0.05, 0) is 44.3 Å². The maximum atomic E-state index is 14.8. The van der Waals surface area contributed by atoms with Gasteiger partial charge in [0.1, 0.15) is 11.9 Å². The van der Waals surface area contributed by atoms with Crippen LogP contribution in [0.4, 0.5) is 20.6 Å². The van der Waals surface area contributed by atoms with Gasteiger partial charge in [-0.3, -0.25) is 9.69 Å². The molecule has 2 fully saturated rings. The van der Waals surface area contributed by atoms with Gasteiger partial charge in [-0.1, -0.05) is 0 Å². The van der Waals surface area contributed by atoms with Crippen LogP contribution < -0.4 is 15.1 Å². The Balaban J connectivity index is 1.59. The summed E-state index contributed by atoms with van der Waals surface area (Å²) in [5.74, 6) is -0.386. The summed E-state index contributed by atoms with van der Waals surface area (Å²) < 4.78 is 25.5. The minimum Gasteiger partial charge on any atom is -0.468 e. The topological polar surface area (TPSA) is 74.4 Å². The van der Waals surface area contributed by atoms with Crippen molar-refractivity contribution in [1.29, 1.82) is 0 Å². The highest BCUT2D eigenvalue weighted by Gasteiger charge is 2.33. The molecule has 1 unspecified atom stereocenters. The molecule has 30 heavy (non-hydrogen) atoms. The summed E-state index contributed by atoms with van der Waals surface area (Å²) in [7, 11) is 0. The highest BCUT2D eigenvalue weighted by Crippen LogP contribution is 2.28. The van der Waals surface area contributed by atoms with Gasteiger partial charge in [-0.15, -0.1) is 0 Å². The number of cyclic esters (lactones) is 1. The predicted molar refractivity (Wildman–Crippen MR) is 115 cm³/mol. The second kappa shape index (κ2) is 9.46. The summed E-state index contributed by atoms with van der Waals surface area (Å²) in [6.07, 6.45) is -0.993. The highest BCUT2D eigenvalue weighted by molar-refractivity contribution is 7.80. The zero-order valence-corrected chi connectivity index (χ0v) is 18.2. The fraction of sp³-hybridized carbons (Fsp3) is 0.550. The lowest BCUT2D eigenvalue weighted by Crippen LogP contribution is -2.48. The summed E-state index contributed by atoms with van der Waals surface area (Å²) in [4.78, 5) is 28.8. The summed E-state index contributed by atoms with van der Waals surface area (Å²) in [5.41, 5.74) is 0.899. The molecule has 0 saturated carbocycles. The molecule has 0 bridgehead atoms. The molecule has 10 heteroatoms. The Labute approximate surface area is 180 Å². The Bertz CT molecular complexity index is 814. The lowest BCUT2D eigenvalue weighted by molar-refractivity contribution is -0.129. The normalized spacial score (nSPS) is 19.2. The smallest absolute Gasteiger partial charge is 0.414 e. The first-order chi connectivity index (χ1) is 14.2. The van der Waals surface area contributed by atoms with Crippen molar-refractivity contribution in [3.8, 4) is 0 Å². The molecule has 2 saturated heterocycles. The highest BCUT2D eigenvalue weighted by atomic mass is 32.1. The number of hydrogen-bond donors (Lipinski definition) is 1. The minimum atomic E-state index is -0.528. The van der Waals surface area contributed by atoms with Crippen molar-refractivity contribution in [2.24, 2.45) is 0 Å². The molecule has 0 aromatic heterocycles. The molecular weight excluding hydrogens is 411 g/mol. The lowest BCUT2D eigenvalue weighted by Gasteiger charge is -2.35. The number of piperazine rings is 1. The van der Waals surface area contributed by atoms with E-state index in [1.165, 1.54) is 17.9 Å². The number of anilines is 2. The Kier molecular flexibility index (Phi) is 6.96. The first-order valence-corrected chi connectivity index (χ1v) is 10.4. The minimum absolute atomic E-state index is 0.0265. The number of hydrogen-bond acceptors (Lipinski definition) is 6. The van der Waals surface area contributed by atoms with Crippen molar-refractivity contribution >= 4 is 40.8 Å². The number of nitrogens with one attached hydrogen (secondary N) is 1. The van der Waals surface area contributed by atoms with Crippen LogP contribution >= 0.6 is 12.2 Å². The Morgan fingerprint density at radius 2 is 2.03 bits per heavy atom. The average Bonchev–Trinajstić information content (AvgIpc) is 3.06. The third kappa shape index (κ3) is 5.29. The molecule has 2 amide bonds. The van der Waals surface area contributed by atoms with Gasteiger partial charge in [0.25, 0.3) is 5.17 Å². The van der Waals surface area contributed by atoms with Crippen LogP contribution in [-0.4, -0.2) is 73.6 Å². The van der Waals surface area contributed by atoms with E-state index in [4.69, 9.17) is 21.7 Å². The van der Waals surface area contributed by atoms with Crippen molar-refractivity contribution < 1.29 is 23.5 Å². The SMILES string of the molecule is CC(=O)N1CCN(c2ccc(N3CC(CNC(=S)OC(C)C)OC3=O)cc2F)CC1. The van der Waals surface area contributed by atoms with E-state index in [2.05, 4.69) is 5.32 Å². The second-order valence-corrected chi connectivity index (χ2v) is 7.95. The molecule has 8 nitrogen and oxygen atoms in total. The number of thiocarbonyl (C=S) groups is 1. The number of benzene rings is 1. The molecule has 3 rings (SSSR count). The molecule has 1 aromatic carbocycles. The van der Waals surface area contributed by atoms with E-state index in [1.807, 2.05) is 18.7 Å². The van der Waals surface area contributed by atoms with Crippen LogP contribution in [0.2, 0.25) is 0 Å². The van der Waals surface area contributed by atoms with Gasteiger partial charge in [0.2, 0.25) is 5.91 Å². The van der Waals surface area contributed by atoms with Crippen LogP contribution in [0.1, 0.15) is 20.8 Å². The third-order valence-corrected chi connectivity index (χ3v) is 5.24. The Hall–Kier alpha value is -2.62. The molecule has 2 heterocycles. The van der Waals surface area contributed by atoms with Gasteiger partial charge in [-0.2, -0.15) is 0 Å². The molecule has 1 atom stereocenters. The lowest BCUT2D eigenvalue weighted by atomic mass is 10.2. The number of amides is 2. The van der Waals surface area contributed by atoms with Crippen molar-refractivity contribution in [2.45, 2.75) is 33.0 Å². The summed E-state index contributed by atoms with van der Waals surface area (Å²) in [6.45, 7) is 8.12. The molecule has 164 valence electrons.